The minimum atomic E-state index is -0.553. The molecule has 0 aliphatic heterocycles. The fourth-order valence-electron chi connectivity index (χ4n) is 2.31. The average Bonchev–Trinajstić information content (AvgIpc) is 2.44. The van der Waals surface area contributed by atoms with Gasteiger partial charge in [-0.15, -0.1) is 0 Å². The fraction of sp³-hybridized carbons (Fsp3) is 0.294. The van der Waals surface area contributed by atoms with Crippen LogP contribution in [-0.2, 0) is 12.8 Å². The van der Waals surface area contributed by atoms with Gasteiger partial charge < -0.3 is 10.8 Å². The van der Waals surface area contributed by atoms with Gasteiger partial charge in [-0.3, -0.25) is 0 Å². The van der Waals surface area contributed by atoms with Crippen LogP contribution in [0.4, 0.5) is 0 Å². The molecular weight excluding hydrogens is 305 g/mol. The molecule has 2 atom stereocenters. The molecule has 21 heavy (non-hydrogen) atoms. The first-order valence-electron chi connectivity index (χ1n) is 6.97. The van der Waals surface area contributed by atoms with Crippen molar-refractivity contribution in [3.8, 4) is 0 Å². The van der Waals surface area contributed by atoms with E-state index in [1.807, 2.05) is 42.5 Å². The number of nitrogens with two attached hydrogens (primary N) is 1. The third-order valence-electron chi connectivity index (χ3n) is 3.46. The first-order valence-corrected chi connectivity index (χ1v) is 7.73. The molecule has 3 N–H and O–H groups in total. The van der Waals surface area contributed by atoms with Crippen molar-refractivity contribution in [1.29, 1.82) is 0 Å². The van der Waals surface area contributed by atoms with Crippen LogP contribution >= 0.6 is 23.2 Å². The Labute approximate surface area is 135 Å². The highest BCUT2D eigenvalue weighted by Crippen LogP contribution is 2.20. The summed E-state index contributed by atoms with van der Waals surface area (Å²) in [4.78, 5) is 0. The highest BCUT2D eigenvalue weighted by Gasteiger charge is 2.15. The van der Waals surface area contributed by atoms with Crippen molar-refractivity contribution in [2.45, 2.75) is 31.4 Å². The lowest BCUT2D eigenvalue weighted by molar-refractivity contribution is 0.135. The quantitative estimate of drug-likeness (QED) is 0.848. The molecule has 2 rings (SSSR count). The molecule has 0 aliphatic carbocycles. The molecule has 112 valence electrons. The van der Waals surface area contributed by atoms with Crippen molar-refractivity contribution >= 4 is 23.2 Å². The summed E-state index contributed by atoms with van der Waals surface area (Å²) in [5.41, 5.74) is 8.22. The van der Waals surface area contributed by atoms with E-state index in [9.17, 15) is 5.11 Å². The molecule has 0 unspecified atom stereocenters. The molecule has 0 fully saturated rings. The van der Waals surface area contributed by atoms with E-state index >= 15 is 0 Å². The van der Waals surface area contributed by atoms with Gasteiger partial charge in [-0.25, -0.2) is 0 Å². The number of halogens is 2. The maximum Gasteiger partial charge on any atom is 0.0697 e. The minimum absolute atomic E-state index is 0.276. The maximum absolute atomic E-state index is 10.2. The van der Waals surface area contributed by atoms with Gasteiger partial charge in [0.15, 0.2) is 0 Å². The standard InChI is InChI=1S/C17H19Cl2NO/c18-14-8-13(9-15(19)11-14)6-7-17(21)16(20)10-12-4-2-1-3-5-12/h1-5,8-9,11,16-17,21H,6-7,10,20H2/t16-,17+/m0/s1. The van der Waals surface area contributed by atoms with Gasteiger partial charge in [0, 0.05) is 16.1 Å². The zero-order valence-corrected chi connectivity index (χ0v) is 13.2. The number of hydrogen-bond donors (Lipinski definition) is 2. The predicted octanol–water partition coefficient (Wildman–Crippen LogP) is 3.86. The van der Waals surface area contributed by atoms with Gasteiger partial charge in [-0.1, -0.05) is 53.5 Å². The Morgan fingerprint density at radius 3 is 2.19 bits per heavy atom. The Kier molecular flexibility index (Phi) is 6.07. The van der Waals surface area contributed by atoms with E-state index in [4.69, 9.17) is 28.9 Å². The summed E-state index contributed by atoms with van der Waals surface area (Å²) in [6.45, 7) is 0. The van der Waals surface area contributed by atoms with E-state index in [0.29, 0.717) is 29.3 Å². The summed E-state index contributed by atoms with van der Waals surface area (Å²) < 4.78 is 0. The summed E-state index contributed by atoms with van der Waals surface area (Å²) in [6, 6.07) is 15.1. The van der Waals surface area contributed by atoms with Crippen LogP contribution in [0.1, 0.15) is 17.5 Å². The summed E-state index contributed by atoms with van der Waals surface area (Å²) in [7, 11) is 0. The van der Waals surface area contributed by atoms with Gasteiger partial charge in [-0.2, -0.15) is 0 Å². The lowest BCUT2D eigenvalue weighted by atomic mass is 9.97. The van der Waals surface area contributed by atoms with Crippen LogP contribution in [0.15, 0.2) is 48.5 Å². The fourth-order valence-corrected chi connectivity index (χ4v) is 2.88. The largest absolute Gasteiger partial charge is 0.391 e. The van der Waals surface area contributed by atoms with Crippen LogP contribution in [0.2, 0.25) is 10.0 Å². The molecule has 2 aromatic carbocycles. The zero-order chi connectivity index (χ0) is 15.2. The van der Waals surface area contributed by atoms with Gasteiger partial charge >= 0.3 is 0 Å². The lowest BCUT2D eigenvalue weighted by Crippen LogP contribution is -2.36. The van der Waals surface area contributed by atoms with E-state index in [1.165, 1.54) is 0 Å². The molecule has 0 aliphatic rings. The lowest BCUT2D eigenvalue weighted by Gasteiger charge is -2.19. The second-order valence-corrected chi connectivity index (χ2v) is 6.11. The SMILES string of the molecule is N[C@@H](Cc1ccccc1)[C@H](O)CCc1cc(Cl)cc(Cl)c1. The van der Waals surface area contributed by atoms with Crippen molar-refractivity contribution in [3.63, 3.8) is 0 Å². The Morgan fingerprint density at radius 1 is 0.952 bits per heavy atom. The van der Waals surface area contributed by atoms with Gasteiger partial charge in [-0.05, 0) is 48.6 Å². The molecule has 2 aromatic rings. The topological polar surface area (TPSA) is 46.2 Å². The second kappa shape index (κ2) is 7.81. The average molecular weight is 324 g/mol. The van der Waals surface area contributed by atoms with Crippen LogP contribution in [0.5, 0.6) is 0 Å². The van der Waals surface area contributed by atoms with Crippen LogP contribution in [-0.4, -0.2) is 17.3 Å². The summed E-state index contributed by atoms with van der Waals surface area (Å²) in [5.74, 6) is 0. The third-order valence-corrected chi connectivity index (χ3v) is 3.90. The first kappa shape index (κ1) is 16.3. The van der Waals surface area contributed by atoms with Crippen LogP contribution < -0.4 is 5.73 Å². The number of rotatable bonds is 6. The third kappa shape index (κ3) is 5.33. The highest BCUT2D eigenvalue weighted by molar-refractivity contribution is 6.34. The summed E-state index contributed by atoms with van der Waals surface area (Å²) in [5, 5.41) is 11.4. The molecule has 0 saturated carbocycles. The Morgan fingerprint density at radius 2 is 1.57 bits per heavy atom. The monoisotopic (exact) mass is 323 g/mol. The molecule has 0 aromatic heterocycles. The molecule has 2 nitrogen and oxygen atoms in total. The van der Waals surface area contributed by atoms with Gasteiger partial charge in [0.2, 0.25) is 0 Å². The molecular formula is C17H19Cl2NO. The van der Waals surface area contributed by atoms with Crippen LogP contribution in [0.3, 0.4) is 0 Å². The van der Waals surface area contributed by atoms with Crippen LogP contribution in [0, 0.1) is 0 Å². The normalized spacial score (nSPS) is 13.9. The van der Waals surface area contributed by atoms with Crippen molar-refractivity contribution in [3.05, 3.63) is 69.7 Å². The van der Waals surface area contributed by atoms with Gasteiger partial charge in [0.25, 0.3) is 0 Å². The van der Waals surface area contributed by atoms with Crippen molar-refractivity contribution in [1.82, 2.24) is 0 Å². The van der Waals surface area contributed by atoms with Crippen LogP contribution in [0.25, 0.3) is 0 Å². The molecule has 0 spiro atoms. The minimum Gasteiger partial charge on any atom is -0.391 e. The molecule has 0 saturated heterocycles. The van der Waals surface area contributed by atoms with E-state index in [2.05, 4.69) is 0 Å². The van der Waals surface area contributed by atoms with Crippen molar-refractivity contribution in [2.24, 2.45) is 5.73 Å². The highest BCUT2D eigenvalue weighted by atomic mass is 35.5. The number of aryl methyl sites for hydroxylation is 1. The van der Waals surface area contributed by atoms with E-state index in [-0.39, 0.29) is 6.04 Å². The number of aliphatic hydroxyl groups excluding tert-OH is 1. The van der Waals surface area contributed by atoms with E-state index in [0.717, 1.165) is 11.1 Å². The molecule has 0 heterocycles. The first-order chi connectivity index (χ1) is 10.0. The summed E-state index contributed by atoms with van der Waals surface area (Å²) >= 11 is 11.9. The number of benzene rings is 2. The Hall–Kier alpha value is -1.06. The molecule has 0 radical (unpaired) electrons. The van der Waals surface area contributed by atoms with E-state index in [1.54, 1.807) is 6.07 Å². The van der Waals surface area contributed by atoms with Crippen molar-refractivity contribution in [2.75, 3.05) is 0 Å². The summed E-state index contributed by atoms with van der Waals surface area (Å²) in [6.07, 6.45) is 1.40. The Bertz CT molecular complexity index is 554. The van der Waals surface area contributed by atoms with Crippen molar-refractivity contribution < 1.29 is 5.11 Å². The maximum atomic E-state index is 10.2. The van der Waals surface area contributed by atoms with Gasteiger partial charge in [0.05, 0.1) is 6.10 Å². The van der Waals surface area contributed by atoms with Gasteiger partial charge in [0.1, 0.15) is 0 Å². The predicted molar refractivity (Wildman–Crippen MR) is 88.9 cm³/mol. The number of hydrogen-bond acceptors (Lipinski definition) is 2. The molecule has 0 amide bonds. The molecule has 0 bridgehead atoms. The second-order valence-electron chi connectivity index (χ2n) is 5.24. The smallest absolute Gasteiger partial charge is 0.0697 e. The zero-order valence-electron chi connectivity index (χ0n) is 11.7. The van der Waals surface area contributed by atoms with E-state index < -0.39 is 6.10 Å². The molecule has 4 heteroatoms. The number of aliphatic hydroxyl groups is 1. The Balaban J connectivity index is 1.87.